The predicted molar refractivity (Wildman–Crippen MR) is 88.0 cm³/mol. The lowest BCUT2D eigenvalue weighted by Gasteiger charge is -2.20. The lowest BCUT2D eigenvalue weighted by atomic mass is 10.0. The van der Waals surface area contributed by atoms with Crippen molar-refractivity contribution in [2.24, 2.45) is 0 Å². The summed E-state index contributed by atoms with van der Waals surface area (Å²) >= 11 is 0. The molecule has 3 heteroatoms. The van der Waals surface area contributed by atoms with E-state index in [1.165, 1.54) is 5.56 Å². The highest BCUT2D eigenvalue weighted by molar-refractivity contribution is 5.45. The van der Waals surface area contributed by atoms with Gasteiger partial charge in [-0.05, 0) is 25.0 Å². The molecule has 0 aromatic heterocycles. The summed E-state index contributed by atoms with van der Waals surface area (Å²) in [4.78, 5) is 0. The second kappa shape index (κ2) is 6.11. The minimum absolute atomic E-state index is 0.0635. The van der Waals surface area contributed by atoms with Gasteiger partial charge >= 0.3 is 0 Å². The van der Waals surface area contributed by atoms with Gasteiger partial charge in [-0.25, -0.2) is 0 Å². The molecule has 0 saturated carbocycles. The van der Waals surface area contributed by atoms with Crippen molar-refractivity contribution in [1.82, 2.24) is 5.32 Å². The van der Waals surface area contributed by atoms with Crippen molar-refractivity contribution in [3.63, 3.8) is 0 Å². The average Bonchev–Trinajstić information content (AvgIpc) is 2.83. The summed E-state index contributed by atoms with van der Waals surface area (Å²) in [5.74, 6) is 1.00. The Morgan fingerprint density at radius 3 is 2.64 bits per heavy atom. The highest BCUT2D eigenvalue weighted by Crippen LogP contribution is 2.37. The number of aliphatic hydroxyl groups is 1. The molecule has 2 N–H and O–H groups in total. The first-order valence-electron chi connectivity index (χ1n) is 7.78. The van der Waals surface area contributed by atoms with Crippen LogP contribution in [0.3, 0.4) is 0 Å². The van der Waals surface area contributed by atoms with Gasteiger partial charge in [0.05, 0.1) is 12.6 Å². The van der Waals surface area contributed by atoms with Crippen LogP contribution in [0.15, 0.2) is 48.5 Å². The third kappa shape index (κ3) is 3.16. The van der Waals surface area contributed by atoms with E-state index in [0.717, 1.165) is 23.3 Å². The monoisotopic (exact) mass is 297 g/mol. The standard InChI is InChI=1S/C19H23NO2/c1-19(2)11-15-9-6-10-16(18(15)22-19)12-20-17(13-21)14-7-4-3-5-8-14/h3-10,17,20-21H,11-13H2,1-2H3. The number of hydrogen-bond acceptors (Lipinski definition) is 3. The molecule has 3 nitrogen and oxygen atoms in total. The van der Waals surface area contributed by atoms with E-state index in [2.05, 4.69) is 37.4 Å². The Morgan fingerprint density at radius 1 is 1.14 bits per heavy atom. The molecule has 0 amide bonds. The van der Waals surface area contributed by atoms with E-state index in [0.29, 0.717) is 6.54 Å². The van der Waals surface area contributed by atoms with E-state index in [4.69, 9.17) is 4.74 Å². The molecule has 0 aliphatic carbocycles. The molecule has 0 fully saturated rings. The molecule has 0 saturated heterocycles. The summed E-state index contributed by atoms with van der Waals surface area (Å²) in [7, 11) is 0. The number of nitrogens with one attached hydrogen (secondary N) is 1. The molecule has 1 unspecified atom stereocenters. The molecule has 2 aromatic rings. The Hall–Kier alpha value is -1.84. The van der Waals surface area contributed by atoms with Crippen LogP contribution < -0.4 is 10.1 Å². The fourth-order valence-corrected chi connectivity index (χ4v) is 3.02. The van der Waals surface area contributed by atoms with E-state index >= 15 is 0 Å². The van der Waals surface area contributed by atoms with Gasteiger partial charge in [0.1, 0.15) is 11.4 Å². The molecule has 1 heterocycles. The van der Waals surface area contributed by atoms with Crippen LogP contribution in [0.4, 0.5) is 0 Å². The second-order valence-corrected chi connectivity index (χ2v) is 6.47. The minimum atomic E-state index is -0.131. The van der Waals surface area contributed by atoms with Crippen LogP contribution in [-0.4, -0.2) is 17.3 Å². The van der Waals surface area contributed by atoms with E-state index in [1.807, 2.05) is 30.3 Å². The first-order valence-corrected chi connectivity index (χ1v) is 7.78. The molecule has 1 atom stereocenters. The Morgan fingerprint density at radius 2 is 1.91 bits per heavy atom. The number of benzene rings is 2. The number of fused-ring (bicyclic) bond motifs is 1. The highest BCUT2D eigenvalue weighted by atomic mass is 16.5. The molecule has 1 aliphatic heterocycles. The summed E-state index contributed by atoms with van der Waals surface area (Å²) < 4.78 is 6.09. The van der Waals surface area contributed by atoms with E-state index < -0.39 is 0 Å². The summed E-state index contributed by atoms with van der Waals surface area (Å²) in [6.45, 7) is 4.99. The smallest absolute Gasteiger partial charge is 0.127 e. The summed E-state index contributed by atoms with van der Waals surface area (Å²) in [6.07, 6.45) is 0.943. The van der Waals surface area contributed by atoms with Crippen molar-refractivity contribution < 1.29 is 9.84 Å². The van der Waals surface area contributed by atoms with Gasteiger partial charge in [-0.15, -0.1) is 0 Å². The Bertz CT molecular complexity index is 637. The fourth-order valence-electron chi connectivity index (χ4n) is 3.02. The zero-order valence-electron chi connectivity index (χ0n) is 13.2. The topological polar surface area (TPSA) is 41.5 Å². The van der Waals surface area contributed by atoms with Crippen LogP contribution in [0, 0.1) is 0 Å². The van der Waals surface area contributed by atoms with Crippen molar-refractivity contribution >= 4 is 0 Å². The van der Waals surface area contributed by atoms with Crippen LogP contribution in [0.5, 0.6) is 5.75 Å². The maximum absolute atomic E-state index is 9.64. The fraction of sp³-hybridized carbons (Fsp3) is 0.368. The van der Waals surface area contributed by atoms with Gasteiger partial charge in [-0.2, -0.15) is 0 Å². The van der Waals surface area contributed by atoms with Gasteiger partial charge in [-0.1, -0.05) is 48.5 Å². The van der Waals surface area contributed by atoms with Crippen LogP contribution in [0.25, 0.3) is 0 Å². The van der Waals surface area contributed by atoms with Crippen LogP contribution >= 0.6 is 0 Å². The second-order valence-electron chi connectivity index (χ2n) is 6.47. The maximum atomic E-state index is 9.64. The largest absolute Gasteiger partial charge is 0.487 e. The molecule has 0 radical (unpaired) electrons. The normalized spacial score (nSPS) is 16.9. The quantitative estimate of drug-likeness (QED) is 0.890. The van der Waals surface area contributed by atoms with Crippen molar-refractivity contribution in [1.29, 1.82) is 0 Å². The van der Waals surface area contributed by atoms with Crippen molar-refractivity contribution in [3.8, 4) is 5.75 Å². The maximum Gasteiger partial charge on any atom is 0.127 e. The van der Waals surface area contributed by atoms with Crippen molar-refractivity contribution in [2.75, 3.05) is 6.61 Å². The molecule has 3 rings (SSSR count). The Kier molecular flexibility index (Phi) is 4.19. The SMILES string of the molecule is CC1(C)Cc2cccc(CNC(CO)c3ccccc3)c2O1. The van der Waals surface area contributed by atoms with Crippen molar-refractivity contribution in [3.05, 3.63) is 65.2 Å². The number of ether oxygens (including phenoxy) is 1. The van der Waals surface area contributed by atoms with Crippen LogP contribution in [0.1, 0.15) is 36.6 Å². The van der Waals surface area contributed by atoms with Gasteiger partial charge in [0, 0.05) is 18.5 Å². The summed E-state index contributed by atoms with van der Waals surface area (Å²) in [6, 6.07) is 16.3. The highest BCUT2D eigenvalue weighted by Gasteiger charge is 2.31. The van der Waals surface area contributed by atoms with Gasteiger partial charge < -0.3 is 15.2 Å². The summed E-state index contributed by atoms with van der Waals surface area (Å²) in [5, 5.41) is 13.1. The number of hydrogen-bond donors (Lipinski definition) is 2. The van der Waals surface area contributed by atoms with Crippen LogP contribution in [-0.2, 0) is 13.0 Å². The van der Waals surface area contributed by atoms with E-state index in [-0.39, 0.29) is 18.2 Å². The first kappa shape index (κ1) is 15.1. The van der Waals surface area contributed by atoms with Crippen molar-refractivity contribution in [2.45, 2.75) is 38.5 Å². The zero-order chi connectivity index (χ0) is 15.6. The van der Waals surface area contributed by atoms with E-state index in [9.17, 15) is 5.11 Å². The lowest BCUT2D eigenvalue weighted by Crippen LogP contribution is -2.26. The first-order chi connectivity index (χ1) is 10.6. The minimum Gasteiger partial charge on any atom is -0.487 e. The Balaban J connectivity index is 1.74. The molecule has 116 valence electrons. The van der Waals surface area contributed by atoms with Crippen LogP contribution in [0.2, 0.25) is 0 Å². The molecular weight excluding hydrogens is 274 g/mol. The zero-order valence-corrected chi connectivity index (χ0v) is 13.2. The number of aliphatic hydroxyl groups excluding tert-OH is 1. The van der Waals surface area contributed by atoms with Gasteiger partial charge in [0.15, 0.2) is 0 Å². The van der Waals surface area contributed by atoms with Gasteiger partial charge in [0.2, 0.25) is 0 Å². The predicted octanol–water partition coefficient (Wildman–Crippen LogP) is 3.22. The molecule has 0 bridgehead atoms. The average molecular weight is 297 g/mol. The number of para-hydroxylation sites is 1. The lowest BCUT2D eigenvalue weighted by molar-refractivity contribution is 0.137. The third-order valence-electron chi connectivity index (χ3n) is 4.10. The third-order valence-corrected chi connectivity index (χ3v) is 4.10. The molecule has 22 heavy (non-hydrogen) atoms. The molecule has 2 aromatic carbocycles. The van der Waals surface area contributed by atoms with Gasteiger partial charge in [0.25, 0.3) is 0 Å². The summed E-state index contributed by atoms with van der Waals surface area (Å²) in [5.41, 5.74) is 3.38. The number of rotatable bonds is 5. The molecular formula is C19H23NO2. The Labute approximate surface area is 131 Å². The van der Waals surface area contributed by atoms with Gasteiger partial charge in [-0.3, -0.25) is 0 Å². The van der Waals surface area contributed by atoms with E-state index in [1.54, 1.807) is 0 Å². The molecule has 1 aliphatic rings. The molecule has 0 spiro atoms.